The van der Waals surface area contributed by atoms with Crippen LogP contribution in [0.5, 0.6) is 0 Å². The van der Waals surface area contributed by atoms with Crippen molar-refractivity contribution < 1.29 is 86.2 Å². The van der Waals surface area contributed by atoms with E-state index in [0.717, 1.165) is 0 Å². The second kappa shape index (κ2) is 79.7. The largest absolute Gasteiger partial charge is 0.674 e. The van der Waals surface area contributed by atoms with Crippen molar-refractivity contribution in [2.45, 2.75) is 154 Å². The molecule has 12 saturated heterocycles. The van der Waals surface area contributed by atoms with E-state index in [-0.39, 0.29) is 0 Å². The van der Waals surface area contributed by atoms with Crippen LogP contribution in [0.1, 0.15) is 154 Å². The fourth-order valence-electron chi connectivity index (χ4n) is 10.5. The third-order valence-corrected chi connectivity index (χ3v) is 16.0. The minimum absolute atomic E-state index is 1.32. The van der Waals surface area contributed by atoms with Gasteiger partial charge in [-0.25, -0.2) is 0 Å². The summed E-state index contributed by atoms with van der Waals surface area (Å²) in [5.41, 5.74) is 0. The molecule has 0 bridgehead atoms. The minimum atomic E-state index is -2.67. The molecule has 0 aromatic carbocycles. The molecule has 12 heterocycles. The van der Waals surface area contributed by atoms with Gasteiger partial charge in [-0.1, -0.05) is 0 Å². The van der Waals surface area contributed by atoms with Crippen LogP contribution in [0.2, 0.25) is 0 Å². The molecular formula is C60H144B6F6N12O12. The van der Waals surface area contributed by atoms with E-state index in [0.29, 0.717) is 0 Å². The standard InChI is InChI=1S/12C5H11N.6BFH2O2/c12*1-6-4-2-3-5-6;6*2-1(3)4/h12*2-5H2,1H3;6*3-4H. The van der Waals surface area contributed by atoms with Crippen molar-refractivity contribution >= 4 is 44.4 Å². The van der Waals surface area contributed by atoms with Crippen molar-refractivity contribution in [1.82, 2.24) is 58.8 Å². The van der Waals surface area contributed by atoms with Crippen molar-refractivity contribution in [2.24, 2.45) is 0 Å². The summed E-state index contributed by atoms with van der Waals surface area (Å²) < 4.78 is 60.7. The van der Waals surface area contributed by atoms with Crippen molar-refractivity contribution in [3.05, 3.63) is 0 Å². The predicted octanol–water partition coefficient (Wildman–Crippen LogP) is 2.10. The van der Waals surface area contributed by atoms with Crippen LogP contribution < -0.4 is 0 Å². The van der Waals surface area contributed by atoms with Gasteiger partial charge in [0.05, 0.1) is 0 Å². The Kier molecular flexibility index (Phi) is 88.0. The smallest absolute Gasteiger partial charge is 0.398 e. The molecule has 24 nitrogen and oxygen atoms in total. The number of halogens is 6. The van der Waals surface area contributed by atoms with Gasteiger partial charge in [-0.3, -0.25) is 25.9 Å². The van der Waals surface area contributed by atoms with Crippen LogP contribution in [0, 0.1) is 0 Å². The summed E-state index contributed by atoms with van der Waals surface area (Å²) in [7, 11) is 10.1. The zero-order valence-corrected chi connectivity index (χ0v) is 62.4. The SMILES string of the molecule is CN1CCCC1.CN1CCCC1.CN1CCCC1.CN1CCCC1.CN1CCCC1.CN1CCCC1.CN1CCCC1.CN1CCCC1.CN1CCCC1.CN1CCCC1.CN1CCCC1.CN1CCCC1.OB(O)F.OB(O)F.OB(O)F.OB(O)F.OB(O)F.OB(O)F. The molecule has 12 rings (SSSR count). The molecule has 12 N–H and O–H groups in total. The van der Waals surface area contributed by atoms with Crippen LogP contribution in [0.25, 0.3) is 0 Å². The normalized spacial score (nSPS) is 20.8. The van der Waals surface area contributed by atoms with Crippen LogP contribution in [-0.4, -0.2) is 405 Å². The van der Waals surface area contributed by atoms with E-state index >= 15 is 0 Å². The number of hydrogen-bond donors (Lipinski definition) is 12. The highest BCUT2D eigenvalue weighted by atomic mass is 19.1. The highest BCUT2D eigenvalue weighted by Crippen LogP contribution is 2.08. The lowest BCUT2D eigenvalue weighted by Gasteiger charge is -2.01. The molecule has 0 saturated carbocycles. The summed E-state index contributed by atoms with van der Waals surface area (Å²) in [5.74, 6) is 0. The Morgan fingerprint density at radius 3 is 0.177 bits per heavy atom. The van der Waals surface area contributed by atoms with Crippen molar-refractivity contribution in [2.75, 3.05) is 242 Å². The Balaban J connectivity index is -0.000000224. The summed E-state index contributed by atoms with van der Waals surface area (Å²) in [6, 6.07) is 0. The van der Waals surface area contributed by atoms with Gasteiger partial charge < -0.3 is 119 Å². The summed E-state index contributed by atoms with van der Waals surface area (Å²) in [6.45, 7) is 31.7. The lowest BCUT2D eigenvalue weighted by molar-refractivity contribution is 0.338. The number of hydrogen-bond acceptors (Lipinski definition) is 24. The molecule has 96 heavy (non-hydrogen) atoms. The molecule has 12 aliphatic heterocycles. The van der Waals surface area contributed by atoms with Gasteiger partial charge in [0, 0.05) is 0 Å². The van der Waals surface area contributed by atoms with Crippen molar-refractivity contribution in [3.63, 3.8) is 0 Å². The molecule has 12 fully saturated rings. The predicted molar refractivity (Wildman–Crippen MR) is 389 cm³/mol. The quantitative estimate of drug-likeness (QED) is 0.122. The first kappa shape index (κ1) is 106. The molecule has 0 spiro atoms. The molecule has 36 heteroatoms. The summed E-state index contributed by atoms with van der Waals surface area (Å²) in [6.07, 6.45) is 33.9. The van der Waals surface area contributed by atoms with Crippen LogP contribution in [0.15, 0.2) is 0 Å². The monoisotopic (exact) mass is 1410 g/mol. The van der Waals surface area contributed by atoms with Crippen LogP contribution >= 0.6 is 0 Å². The van der Waals surface area contributed by atoms with Gasteiger partial charge >= 0.3 is 44.4 Å². The zero-order chi connectivity index (χ0) is 74.3. The summed E-state index contributed by atoms with van der Waals surface area (Å²) >= 11 is 0. The molecule has 0 amide bonds. The zero-order valence-electron chi connectivity index (χ0n) is 62.4. The fourth-order valence-corrected chi connectivity index (χ4v) is 10.5. The van der Waals surface area contributed by atoms with Crippen molar-refractivity contribution in [1.29, 1.82) is 0 Å². The second-order valence-electron chi connectivity index (χ2n) is 26.0. The molecule has 0 aliphatic carbocycles. The highest BCUT2D eigenvalue weighted by molar-refractivity contribution is 6.32. The van der Waals surface area contributed by atoms with E-state index in [4.69, 9.17) is 60.3 Å². The van der Waals surface area contributed by atoms with Gasteiger partial charge in [-0.15, -0.1) is 0 Å². The average Bonchev–Trinajstić information content (AvgIpc) is 4.39. The van der Waals surface area contributed by atoms with E-state index < -0.39 is 44.4 Å². The van der Waals surface area contributed by atoms with Gasteiger partial charge in [0.2, 0.25) is 0 Å². The van der Waals surface area contributed by atoms with Crippen LogP contribution in [0.4, 0.5) is 25.9 Å². The second-order valence-corrected chi connectivity index (χ2v) is 26.0. The lowest BCUT2D eigenvalue weighted by Crippen LogP contribution is -2.10. The first-order chi connectivity index (χ1) is 45.1. The topological polar surface area (TPSA) is 282 Å². The Morgan fingerprint density at radius 2 is 0.167 bits per heavy atom. The molecular weight excluding hydrogens is 1260 g/mol. The summed E-state index contributed by atoms with van der Waals surface area (Å²) in [5, 5.41) is 83.3. The average molecular weight is 1400 g/mol. The number of nitrogens with zero attached hydrogens (tertiary/aromatic N) is 12. The van der Waals surface area contributed by atoms with Crippen LogP contribution in [0.3, 0.4) is 0 Å². The highest BCUT2D eigenvalue weighted by Gasteiger charge is 2.10. The first-order valence-corrected chi connectivity index (χ1v) is 35.4. The van der Waals surface area contributed by atoms with E-state index in [1.165, 1.54) is 311 Å². The van der Waals surface area contributed by atoms with Crippen LogP contribution in [-0.2, 0) is 0 Å². The van der Waals surface area contributed by atoms with E-state index in [1.54, 1.807) is 0 Å². The number of rotatable bonds is 0. The molecule has 0 aromatic heterocycles. The molecule has 12 aliphatic rings. The maximum atomic E-state index is 10.1. The Labute approximate surface area is 583 Å². The van der Waals surface area contributed by atoms with Crippen molar-refractivity contribution in [3.8, 4) is 0 Å². The lowest BCUT2D eigenvalue weighted by atomic mass is 10.3. The van der Waals surface area contributed by atoms with E-state index in [1.807, 2.05) is 0 Å². The fraction of sp³-hybridized carbons (Fsp3) is 1.00. The van der Waals surface area contributed by atoms with E-state index in [2.05, 4.69) is 143 Å². The number of likely N-dealkylation sites (tertiary alicyclic amines) is 12. The van der Waals surface area contributed by atoms with Gasteiger partial charge in [0.1, 0.15) is 0 Å². The maximum absolute atomic E-state index is 10.1. The Bertz CT molecular complexity index is 1070. The Hall–Kier alpha value is -0.990. The summed E-state index contributed by atoms with van der Waals surface area (Å²) in [4.78, 5) is 28.3. The van der Waals surface area contributed by atoms with Gasteiger partial charge in [0.15, 0.2) is 0 Å². The molecule has 0 unspecified atom stereocenters. The third kappa shape index (κ3) is 114. The van der Waals surface area contributed by atoms with Gasteiger partial charge in [0.25, 0.3) is 0 Å². The van der Waals surface area contributed by atoms with Gasteiger partial charge in [-0.05, 0) is 396 Å². The maximum Gasteiger partial charge on any atom is 0.674 e. The Morgan fingerprint density at radius 1 is 0.135 bits per heavy atom. The minimum Gasteiger partial charge on any atom is -0.398 e. The van der Waals surface area contributed by atoms with Gasteiger partial charge in [-0.2, -0.15) is 0 Å². The third-order valence-electron chi connectivity index (χ3n) is 16.0. The first-order valence-electron chi connectivity index (χ1n) is 35.4. The molecule has 0 radical (unpaired) electrons. The molecule has 0 aromatic rings. The van der Waals surface area contributed by atoms with E-state index in [9.17, 15) is 25.9 Å². The molecule has 0 atom stereocenters. The molecule has 576 valence electrons.